The molecular formula is C18H20N2O4S. The van der Waals surface area contributed by atoms with Crippen molar-refractivity contribution in [2.24, 2.45) is 0 Å². The molecule has 2 aromatic carbocycles. The second-order valence-corrected chi connectivity index (χ2v) is 7.76. The molecule has 132 valence electrons. The van der Waals surface area contributed by atoms with E-state index in [1.165, 1.54) is 12.1 Å². The van der Waals surface area contributed by atoms with Gasteiger partial charge in [-0.3, -0.25) is 0 Å². The average Bonchev–Trinajstić information content (AvgIpc) is 3.15. The summed E-state index contributed by atoms with van der Waals surface area (Å²) in [6, 6.07) is 13.5. The summed E-state index contributed by atoms with van der Waals surface area (Å²) >= 11 is 0. The van der Waals surface area contributed by atoms with Gasteiger partial charge in [-0.05, 0) is 36.6 Å². The minimum absolute atomic E-state index is 0.0180. The molecule has 0 aromatic heterocycles. The zero-order valence-electron chi connectivity index (χ0n) is 13.7. The van der Waals surface area contributed by atoms with Crippen LogP contribution in [-0.4, -0.2) is 32.6 Å². The standard InChI is InChI=1S/C18H20N2O4S/c21-18(22)16-12-15(8-9-17(16)20-10-4-5-11-20)25(23,24)19-13-14-6-2-1-3-7-14/h1-3,6-9,12,19H,4-5,10-11,13H2,(H,21,22). The lowest BCUT2D eigenvalue weighted by atomic mass is 10.1. The molecule has 0 radical (unpaired) electrons. The number of nitrogens with zero attached hydrogens (tertiary/aromatic N) is 1. The van der Waals surface area contributed by atoms with E-state index >= 15 is 0 Å². The van der Waals surface area contributed by atoms with Crippen molar-refractivity contribution in [2.75, 3.05) is 18.0 Å². The van der Waals surface area contributed by atoms with Gasteiger partial charge in [-0.1, -0.05) is 30.3 Å². The normalized spacial score (nSPS) is 14.6. The van der Waals surface area contributed by atoms with Gasteiger partial charge in [-0.25, -0.2) is 17.9 Å². The average molecular weight is 360 g/mol. The predicted octanol–water partition coefficient (Wildman–Crippen LogP) is 2.46. The lowest BCUT2D eigenvalue weighted by molar-refractivity contribution is 0.0697. The smallest absolute Gasteiger partial charge is 0.337 e. The maximum absolute atomic E-state index is 12.5. The maximum atomic E-state index is 12.5. The molecule has 0 amide bonds. The van der Waals surface area contributed by atoms with Crippen molar-refractivity contribution in [2.45, 2.75) is 24.3 Å². The van der Waals surface area contributed by atoms with Crippen molar-refractivity contribution in [1.82, 2.24) is 4.72 Å². The van der Waals surface area contributed by atoms with Crippen molar-refractivity contribution in [1.29, 1.82) is 0 Å². The van der Waals surface area contributed by atoms with E-state index in [1.54, 1.807) is 6.07 Å². The van der Waals surface area contributed by atoms with Gasteiger partial charge >= 0.3 is 5.97 Å². The van der Waals surface area contributed by atoms with Crippen LogP contribution in [0.5, 0.6) is 0 Å². The SMILES string of the molecule is O=C(O)c1cc(S(=O)(=O)NCc2ccccc2)ccc1N1CCCC1. The lowest BCUT2D eigenvalue weighted by Gasteiger charge is -2.20. The van der Waals surface area contributed by atoms with Gasteiger partial charge in [0.15, 0.2) is 0 Å². The fourth-order valence-corrected chi connectivity index (χ4v) is 3.99. The number of nitrogens with one attached hydrogen (secondary N) is 1. The summed E-state index contributed by atoms with van der Waals surface area (Å²) in [5, 5.41) is 9.48. The van der Waals surface area contributed by atoms with Crippen molar-refractivity contribution in [3.63, 3.8) is 0 Å². The molecule has 0 saturated carbocycles. The monoisotopic (exact) mass is 360 g/mol. The highest BCUT2D eigenvalue weighted by Gasteiger charge is 2.23. The number of carbonyl (C=O) groups is 1. The molecular weight excluding hydrogens is 340 g/mol. The highest BCUT2D eigenvalue weighted by Crippen LogP contribution is 2.27. The van der Waals surface area contributed by atoms with Crippen LogP contribution in [-0.2, 0) is 16.6 Å². The van der Waals surface area contributed by atoms with Gasteiger partial charge in [0.25, 0.3) is 0 Å². The van der Waals surface area contributed by atoms with Crippen molar-refractivity contribution >= 4 is 21.7 Å². The van der Waals surface area contributed by atoms with Crippen LogP contribution in [0, 0.1) is 0 Å². The Morgan fingerprint density at radius 2 is 1.76 bits per heavy atom. The Balaban J connectivity index is 1.85. The number of benzene rings is 2. The van der Waals surface area contributed by atoms with E-state index in [-0.39, 0.29) is 17.0 Å². The molecule has 1 saturated heterocycles. The Morgan fingerprint density at radius 3 is 2.40 bits per heavy atom. The number of hydrogen-bond donors (Lipinski definition) is 2. The van der Waals surface area contributed by atoms with Crippen LogP contribution in [0.25, 0.3) is 0 Å². The number of hydrogen-bond acceptors (Lipinski definition) is 4. The summed E-state index contributed by atoms with van der Waals surface area (Å²) in [5.74, 6) is -1.12. The van der Waals surface area contributed by atoms with Crippen LogP contribution in [0.15, 0.2) is 53.4 Å². The third-order valence-corrected chi connectivity index (χ3v) is 5.66. The fourth-order valence-electron chi connectivity index (χ4n) is 2.94. The Hall–Kier alpha value is -2.38. The van der Waals surface area contributed by atoms with Crippen molar-refractivity contribution in [3.05, 3.63) is 59.7 Å². The molecule has 7 heteroatoms. The summed E-state index contributed by atoms with van der Waals surface area (Å²) in [5.41, 5.74) is 1.43. The molecule has 0 unspecified atom stereocenters. The van der Waals surface area contributed by atoms with E-state index < -0.39 is 16.0 Å². The van der Waals surface area contributed by atoms with Crippen LogP contribution in [0.4, 0.5) is 5.69 Å². The fraction of sp³-hybridized carbons (Fsp3) is 0.278. The third-order valence-electron chi connectivity index (χ3n) is 4.26. The highest BCUT2D eigenvalue weighted by molar-refractivity contribution is 7.89. The maximum Gasteiger partial charge on any atom is 0.337 e. The molecule has 3 rings (SSSR count). The highest BCUT2D eigenvalue weighted by atomic mass is 32.2. The molecule has 2 N–H and O–H groups in total. The summed E-state index contributed by atoms with van der Waals surface area (Å²) in [7, 11) is -3.79. The van der Waals surface area contributed by atoms with E-state index in [1.807, 2.05) is 35.2 Å². The number of rotatable bonds is 6. The first kappa shape index (κ1) is 17.4. The molecule has 0 spiro atoms. The molecule has 1 aliphatic heterocycles. The zero-order valence-corrected chi connectivity index (χ0v) is 14.5. The Bertz CT molecular complexity index is 860. The van der Waals surface area contributed by atoms with Gasteiger partial charge in [0.2, 0.25) is 10.0 Å². The Morgan fingerprint density at radius 1 is 1.08 bits per heavy atom. The van der Waals surface area contributed by atoms with E-state index in [2.05, 4.69) is 4.72 Å². The van der Waals surface area contributed by atoms with Crippen LogP contribution in [0.2, 0.25) is 0 Å². The first-order valence-corrected chi connectivity index (χ1v) is 9.61. The molecule has 1 heterocycles. The van der Waals surface area contributed by atoms with Gasteiger partial charge in [-0.15, -0.1) is 0 Å². The van der Waals surface area contributed by atoms with Gasteiger partial charge in [0.05, 0.1) is 16.1 Å². The summed E-state index contributed by atoms with van der Waals surface area (Å²) in [6.45, 7) is 1.73. The largest absolute Gasteiger partial charge is 0.478 e. The Kier molecular flexibility index (Phi) is 5.06. The second kappa shape index (κ2) is 7.25. The predicted molar refractivity (Wildman–Crippen MR) is 95.3 cm³/mol. The first-order valence-electron chi connectivity index (χ1n) is 8.13. The van der Waals surface area contributed by atoms with Gasteiger partial charge in [-0.2, -0.15) is 0 Å². The molecule has 0 aliphatic carbocycles. The van der Waals surface area contributed by atoms with Crippen molar-refractivity contribution in [3.8, 4) is 0 Å². The molecule has 0 atom stereocenters. The molecule has 0 bridgehead atoms. The zero-order chi connectivity index (χ0) is 17.9. The lowest BCUT2D eigenvalue weighted by Crippen LogP contribution is -2.25. The van der Waals surface area contributed by atoms with E-state index in [4.69, 9.17) is 0 Å². The van der Waals surface area contributed by atoms with E-state index in [9.17, 15) is 18.3 Å². The number of carboxylic acid groups (broad SMARTS) is 1. The number of aromatic carboxylic acids is 1. The first-order chi connectivity index (χ1) is 12.0. The minimum atomic E-state index is -3.79. The van der Waals surface area contributed by atoms with Crippen LogP contribution in [0.1, 0.15) is 28.8 Å². The van der Waals surface area contributed by atoms with E-state index in [0.717, 1.165) is 31.5 Å². The minimum Gasteiger partial charge on any atom is -0.478 e. The van der Waals surface area contributed by atoms with Gasteiger partial charge < -0.3 is 10.0 Å². The molecule has 1 fully saturated rings. The third kappa shape index (κ3) is 4.00. The van der Waals surface area contributed by atoms with E-state index in [0.29, 0.717) is 5.69 Å². The number of anilines is 1. The number of sulfonamides is 1. The summed E-state index contributed by atoms with van der Waals surface area (Å²) < 4.78 is 27.5. The molecule has 6 nitrogen and oxygen atoms in total. The summed E-state index contributed by atoms with van der Waals surface area (Å²) in [4.78, 5) is 13.5. The quantitative estimate of drug-likeness (QED) is 0.826. The summed E-state index contributed by atoms with van der Waals surface area (Å²) in [6.07, 6.45) is 2.02. The van der Waals surface area contributed by atoms with Gasteiger partial charge in [0, 0.05) is 19.6 Å². The molecule has 1 aliphatic rings. The van der Waals surface area contributed by atoms with Gasteiger partial charge in [0.1, 0.15) is 0 Å². The van der Waals surface area contributed by atoms with Crippen LogP contribution < -0.4 is 9.62 Å². The molecule has 25 heavy (non-hydrogen) atoms. The second-order valence-electron chi connectivity index (χ2n) is 5.99. The molecule has 2 aromatic rings. The van der Waals surface area contributed by atoms with Crippen LogP contribution >= 0.6 is 0 Å². The van der Waals surface area contributed by atoms with Crippen LogP contribution in [0.3, 0.4) is 0 Å². The topological polar surface area (TPSA) is 86.7 Å². The Labute approximate surface area is 147 Å². The number of carboxylic acids is 1. The van der Waals surface area contributed by atoms with Crippen molar-refractivity contribution < 1.29 is 18.3 Å².